The predicted molar refractivity (Wildman–Crippen MR) is 70.1 cm³/mol. The lowest BCUT2D eigenvalue weighted by molar-refractivity contribution is -0.128. The Morgan fingerprint density at radius 3 is 2.42 bits per heavy atom. The Kier molecular flexibility index (Phi) is 3.74. The van der Waals surface area contributed by atoms with Crippen molar-refractivity contribution in [3.05, 3.63) is 17.9 Å². The number of carbonyl (C=O) groups excluding carboxylic acids is 1. The molecule has 1 aliphatic heterocycles. The van der Waals surface area contributed by atoms with Crippen LogP contribution in [-0.2, 0) is 25.3 Å². The molecule has 1 aromatic rings. The molecule has 2 rings (SSSR count). The second-order valence-corrected chi connectivity index (χ2v) is 5.61. The molecule has 6 heteroatoms. The standard InChI is InChI=1S/C13H19BO5/c1-12(2)13(3,4)19-14(18-12)11-6-5-10(17-11)7-8-16-9-15/h5-6,9H,7-8H2,1-4H3. The highest BCUT2D eigenvalue weighted by Crippen LogP contribution is 2.36. The maximum atomic E-state index is 10.1. The summed E-state index contributed by atoms with van der Waals surface area (Å²) in [4.78, 5) is 10.1. The summed E-state index contributed by atoms with van der Waals surface area (Å²) in [5.74, 6) is 0.742. The Labute approximate surface area is 113 Å². The Morgan fingerprint density at radius 1 is 1.21 bits per heavy atom. The van der Waals surface area contributed by atoms with Crippen molar-refractivity contribution in [2.75, 3.05) is 6.61 Å². The molecule has 0 N–H and O–H groups in total. The van der Waals surface area contributed by atoms with Gasteiger partial charge in [0.1, 0.15) is 11.4 Å². The summed E-state index contributed by atoms with van der Waals surface area (Å²) < 4.78 is 22.1. The fourth-order valence-electron chi connectivity index (χ4n) is 1.82. The van der Waals surface area contributed by atoms with E-state index in [2.05, 4.69) is 4.74 Å². The van der Waals surface area contributed by atoms with E-state index in [1.807, 2.05) is 39.8 Å². The summed E-state index contributed by atoms with van der Waals surface area (Å²) in [6, 6.07) is 3.67. The zero-order valence-corrected chi connectivity index (χ0v) is 11.8. The predicted octanol–water partition coefficient (Wildman–Crippen LogP) is 1.29. The van der Waals surface area contributed by atoms with Crippen molar-refractivity contribution in [2.45, 2.75) is 45.3 Å². The van der Waals surface area contributed by atoms with Gasteiger partial charge in [-0.1, -0.05) is 0 Å². The van der Waals surface area contributed by atoms with Crippen molar-refractivity contribution in [2.24, 2.45) is 0 Å². The number of carbonyl (C=O) groups is 1. The third-order valence-electron chi connectivity index (χ3n) is 3.70. The Bertz CT molecular complexity index is 436. The fourth-order valence-corrected chi connectivity index (χ4v) is 1.82. The smallest absolute Gasteiger partial charge is 0.470 e. The first-order valence-corrected chi connectivity index (χ1v) is 6.35. The van der Waals surface area contributed by atoms with Gasteiger partial charge in [0, 0.05) is 6.42 Å². The van der Waals surface area contributed by atoms with Gasteiger partial charge in [-0.3, -0.25) is 4.79 Å². The zero-order chi connectivity index (χ0) is 14.1. The van der Waals surface area contributed by atoms with Crippen LogP contribution in [0, 0.1) is 0 Å². The summed E-state index contributed by atoms with van der Waals surface area (Å²) in [6.07, 6.45) is 0.540. The van der Waals surface area contributed by atoms with Crippen LogP contribution in [0.5, 0.6) is 0 Å². The van der Waals surface area contributed by atoms with E-state index < -0.39 is 7.12 Å². The van der Waals surface area contributed by atoms with Crippen LogP contribution >= 0.6 is 0 Å². The Hall–Kier alpha value is -1.27. The quantitative estimate of drug-likeness (QED) is 0.456. The van der Waals surface area contributed by atoms with Gasteiger partial charge in [-0.05, 0) is 39.8 Å². The molecule has 0 spiro atoms. The summed E-state index contributed by atoms with van der Waals surface area (Å²) in [5.41, 5.74) is -0.129. The SMILES string of the molecule is CC1(C)OB(c2ccc(CCOC=O)o2)OC1(C)C. The van der Waals surface area contributed by atoms with E-state index in [-0.39, 0.29) is 11.2 Å². The van der Waals surface area contributed by atoms with Crippen LogP contribution in [0.2, 0.25) is 0 Å². The molecule has 0 radical (unpaired) electrons. The maximum Gasteiger partial charge on any atom is 0.532 e. The minimum Gasteiger partial charge on any atom is -0.470 e. The van der Waals surface area contributed by atoms with Gasteiger partial charge in [0.05, 0.1) is 17.8 Å². The van der Waals surface area contributed by atoms with Gasteiger partial charge in [0.15, 0.2) is 0 Å². The fraction of sp³-hybridized carbons (Fsp3) is 0.615. The van der Waals surface area contributed by atoms with E-state index in [9.17, 15) is 4.79 Å². The lowest BCUT2D eigenvalue weighted by atomic mass is 9.86. The largest absolute Gasteiger partial charge is 0.532 e. The summed E-state index contributed by atoms with van der Waals surface area (Å²) in [7, 11) is -0.495. The Balaban J connectivity index is 2.02. The van der Waals surface area contributed by atoms with E-state index in [0.29, 0.717) is 25.2 Å². The molecule has 0 aliphatic carbocycles. The second-order valence-electron chi connectivity index (χ2n) is 5.61. The van der Waals surface area contributed by atoms with Crippen LogP contribution in [-0.4, -0.2) is 31.4 Å². The van der Waals surface area contributed by atoms with Crippen molar-refractivity contribution in [1.29, 1.82) is 0 Å². The number of hydrogen-bond acceptors (Lipinski definition) is 5. The zero-order valence-electron chi connectivity index (χ0n) is 11.8. The summed E-state index contributed by atoms with van der Waals surface area (Å²) in [5, 5.41) is 0. The van der Waals surface area contributed by atoms with Crippen molar-refractivity contribution < 1.29 is 23.3 Å². The van der Waals surface area contributed by atoms with Crippen LogP contribution in [0.25, 0.3) is 0 Å². The lowest BCUT2D eigenvalue weighted by Crippen LogP contribution is -2.41. The van der Waals surface area contributed by atoms with Gasteiger partial charge >= 0.3 is 7.12 Å². The molecule has 1 aliphatic rings. The first-order chi connectivity index (χ1) is 8.86. The van der Waals surface area contributed by atoms with E-state index in [1.54, 1.807) is 0 Å². The molecule has 1 aromatic heterocycles. The molecule has 0 saturated carbocycles. The van der Waals surface area contributed by atoms with E-state index >= 15 is 0 Å². The normalized spacial score (nSPS) is 20.5. The van der Waals surface area contributed by atoms with Crippen LogP contribution in [0.3, 0.4) is 0 Å². The second kappa shape index (κ2) is 5.02. The molecule has 0 aromatic carbocycles. The average molecular weight is 266 g/mol. The lowest BCUT2D eigenvalue weighted by Gasteiger charge is -2.32. The average Bonchev–Trinajstić information content (AvgIpc) is 2.83. The molecule has 0 bridgehead atoms. The highest BCUT2D eigenvalue weighted by Gasteiger charge is 2.53. The third kappa shape index (κ3) is 2.85. The van der Waals surface area contributed by atoms with Gasteiger partial charge in [-0.15, -0.1) is 0 Å². The minimum atomic E-state index is -0.495. The molecular weight excluding hydrogens is 247 g/mol. The van der Waals surface area contributed by atoms with Crippen LogP contribution in [0.1, 0.15) is 33.5 Å². The van der Waals surface area contributed by atoms with Gasteiger partial charge in [0.25, 0.3) is 6.47 Å². The third-order valence-corrected chi connectivity index (χ3v) is 3.70. The van der Waals surface area contributed by atoms with Gasteiger partial charge in [-0.25, -0.2) is 0 Å². The number of ether oxygens (including phenoxy) is 1. The van der Waals surface area contributed by atoms with Crippen molar-refractivity contribution in [3.63, 3.8) is 0 Å². The first kappa shape index (κ1) is 14.2. The van der Waals surface area contributed by atoms with Gasteiger partial charge in [-0.2, -0.15) is 0 Å². The molecule has 0 atom stereocenters. The number of hydrogen-bond donors (Lipinski definition) is 0. The summed E-state index contributed by atoms with van der Waals surface area (Å²) >= 11 is 0. The van der Waals surface area contributed by atoms with E-state index in [0.717, 1.165) is 5.76 Å². The van der Waals surface area contributed by atoms with Crippen molar-refractivity contribution in [1.82, 2.24) is 0 Å². The van der Waals surface area contributed by atoms with E-state index in [4.69, 9.17) is 13.7 Å². The molecule has 1 fully saturated rings. The number of furan rings is 1. The molecule has 0 unspecified atom stereocenters. The minimum absolute atomic E-state index is 0.305. The molecule has 0 amide bonds. The highest BCUT2D eigenvalue weighted by atomic mass is 16.7. The van der Waals surface area contributed by atoms with Crippen molar-refractivity contribution >= 4 is 19.3 Å². The summed E-state index contributed by atoms with van der Waals surface area (Å²) in [6.45, 7) is 8.71. The van der Waals surface area contributed by atoms with Crippen molar-refractivity contribution in [3.8, 4) is 0 Å². The first-order valence-electron chi connectivity index (χ1n) is 6.35. The molecule has 2 heterocycles. The number of rotatable bonds is 5. The topological polar surface area (TPSA) is 57.9 Å². The molecule has 104 valence electrons. The monoisotopic (exact) mass is 266 g/mol. The molecule has 1 saturated heterocycles. The van der Waals surface area contributed by atoms with E-state index in [1.165, 1.54) is 0 Å². The maximum absolute atomic E-state index is 10.1. The molecular formula is C13H19BO5. The van der Waals surface area contributed by atoms with Crippen LogP contribution < -0.4 is 5.66 Å². The Morgan fingerprint density at radius 2 is 1.84 bits per heavy atom. The van der Waals surface area contributed by atoms with Crippen LogP contribution in [0.15, 0.2) is 16.5 Å². The molecule has 5 nitrogen and oxygen atoms in total. The van der Waals surface area contributed by atoms with Gasteiger partial charge in [0.2, 0.25) is 0 Å². The molecule has 19 heavy (non-hydrogen) atoms. The van der Waals surface area contributed by atoms with Gasteiger partial charge < -0.3 is 18.5 Å². The highest BCUT2D eigenvalue weighted by molar-refractivity contribution is 6.60. The van der Waals surface area contributed by atoms with Crippen LogP contribution in [0.4, 0.5) is 0 Å².